The van der Waals surface area contributed by atoms with Gasteiger partial charge in [0.05, 0.1) is 7.11 Å². The summed E-state index contributed by atoms with van der Waals surface area (Å²) in [6, 6.07) is 14.6. The number of carbonyl (C=O) groups is 2. The number of amides is 2. The molecule has 0 aliphatic carbocycles. The fourth-order valence-corrected chi connectivity index (χ4v) is 3.19. The first-order valence-corrected chi connectivity index (χ1v) is 10.3. The van der Waals surface area contributed by atoms with Gasteiger partial charge in [0.15, 0.2) is 6.61 Å². The van der Waals surface area contributed by atoms with Crippen molar-refractivity contribution in [1.82, 2.24) is 10.2 Å². The van der Waals surface area contributed by atoms with Gasteiger partial charge in [-0.25, -0.2) is 0 Å². The summed E-state index contributed by atoms with van der Waals surface area (Å²) in [5, 5.41) is 2.65. The van der Waals surface area contributed by atoms with Gasteiger partial charge in [-0.3, -0.25) is 9.59 Å². The Morgan fingerprint density at radius 3 is 2.10 bits per heavy atom. The van der Waals surface area contributed by atoms with E-state index in [1.54, 1.807) is 19.1 Å². The molecule has 0 fully saturated rings. The van der Waals surface area contributed by atoms with Crippen LogP contribution in [-0.2, 0) is 16.1 Å². The van der Waals surface area contributed by atoms with E-state index in [2.05, 4.69) is 19.2 Å². The van der Waals surface area contributed by atoms with Crippen molar-refractivity contribution in [2.75, 3.05) is 20.8 Å². The molecule has 1 N–H and O–H groups in total. The van der Waals surface area contributed by atoms with Crippen LogP contribution >= 0.6 is 0 Å². The Hall–Kier alpha value is -3.02. The second kappa shape index (κ2) is 11.2. The lowest BCUT2D eigenvalue weighted by Gasteiger charge is -2.30. The molecular formula is C24H32N2O4. The highest BCUT2D eigenvalue weighted by molar-refractivity contribution is 5.88. The number of methoxy groups -OCH3 is 1. The van der Waals surface area contributed by atoms with Gasteiger partial charge in [-0.1, -0.05) is 45.0 Å². The Bertz CT molecular complexity index is 816. The molecule has 0 saturated heterocycles. The van der Waals surface area contributed by atoms with E-state index in [4.69, 9.17) is 9.47 Å². The monoisotopic (exact) mass is 412 g/mol. The van der Waals surface area contributed by atoms with Gasteiger partial charge in [0.1, 0.15) is 17.5 Å². The molecule has 0 aliphatic rings. The highest BCUT2D eigenvalue weighted by Gasteiger charge is 2.28. The molecule has 2 rings (SSSR count). The van der Waals surface area contributed by atoms with Gasteiger partial charge in [0, 0.05) is 13.6 Å². The van der Waals surface area contributed by atoms with Crippen LogP contribution in [0.4, 0.5) is 0 Å². The standard InChI is InChI=1S/C24H32N2O4/c1-6-22(24(28)25-4)26(15-18-7-11-20(29-5)12-8-18)23(27)16-30-21-13-9-19(10-14-21)17(2)3/h7-14,17,22H,6,15-16H2,1-5H3,(H,25,28)/t22-/m0/s1. The van der Waals surface area contributed by atoms with Crippen LogP contribution in [-0.4, -0.2) is 43.5 Å². The molecule has 6 nitrogen and oxygen atoms in total. The molecule has 0 spiro atoms. The first kappa shape index (κ1) is 23.3. The number of likely N-dealkylation sites (N-methyl/N-ethyl adjacent to an activating group) is 1. The van der Waals surface area contributed by atoms with E-state index in [1.165, 1.54) is 5.56 Å². The van der Waals surface area contributed by atoms with E-state index >= 15 is 0 Å². The zero-order valence-corrected chi connectivity index (χ0v) is 18.5. The lowest BCUT2D eigenvalue weighted by atomic mass is 10.0. The number of hydrogen-bond donors (Lipinski definition) is 1. The number of nitrogens with one attached hydrogen (secondary N) is 1. The molecule has 0 aliphatic heterocycles. The van der Waals surface area contributed by atoms with Gasteiger partial charge in [-0.05, 0) is 47.7 Å². The van der Waals surface area contributed by atoms with Crippen molar-refractivity contribution in [2.24, 2.45) is 0 Å². The predicted molar refractivity (Wildman–Crippen MR) is 118 cm³/mol. The highest BCUT2D eigenvalue weighted by atomic mass is 16.5. The second-order valence-corrected chi connectivity index (χ2v) is 7.42. The molecule has 0 aromatic heterocycles. The lowest BCUT2D eigenvalue weighted by molar-refractivity contribution is -0.142. The molecule has 30 heavy (non-hydrogen) atoms. The lowest BCUT2D eigenvalue weighted by Crippen LogP contribution is -2.49. The molecule has 162 valence electrons. The van der Waals surface area contributed by atoms with Crippen molar-refractivity contribution in [2.45, 2.75) is 45.7 Å². The van der Waals surface area contributed by atoms with Gasteiger partial charge >= 0.3 is 0 Å². The summed E-state index contributed by atoms with van der Waals surface area (Å²) >= 11 is 0. The third kappa shape index (κ3) is 6.24. The van der Waals surface area contributed by atoms with Crippen LogP contribution in [0.2, 0.25) is 0 Å². The number of ether oxygens (including phenoxy) is 2. The Balaban J connectivity index is 2.14. The van der Waals surface area contributed by atoms with Gasteiger partial charge in [-0.15, -0.1) is 0 Å². The summed E-state index contributed by atoms with van der Waals surface area (Å²) in [6.45, 7) is 6.31. The van der Waals surface area contributed by atoms with E-state index in [9.17, 15) is 9.59 Å². The largest absolute Gasteiger partial charge is 0.497 e. The van der Waals surface area contributed by atoms with Crippen molar-refractivity contribution in [3.05, 3.63) is 59.7 Å². The average molecular weight is 413 g/mol. The number of nitrogens with zero attached hydrogens (tertiary/aromatic N) is 1. The SMILES string of the molecule is CC[C@@H](C(=O)NC)N(Cc1ccc(OC)cc1)C(=O)COc1ccc(C(C)C)cc1. The van der Waals surface area contributed by atoms with E-state index in [1.807, 2.05) is 55.5 Å². The van der Waals surface area contributed by atoms with Crippen molar-refractivity contribution in [3.8, 4) is 11.5 Å². The fourth-order valence-electron chi connectivity index (χ4n) is 3.19. The van der Waals surface area contributed by atoms with Gasteiger partial charge < -0.3 is 19.7 Å². The Morgan fingerprint density at radius 2 is 1.60 bits per heavy atom. The Kier molecular flexibility index (Phi) is 8.71. The van der Waals surface area contributed by atoms with Gasteiger partial charge in [-0.2, -0.15) is 0 Å². The first-order chi connectivity index (χ1) is 14.4. The Labute approximate surface area is 179 Å². The smallest absolute Gasteiger partial charge is 0.261 e. The van der Waals surface area contributed by atoms with Crippen LogP contribution in [0.5, 0.6) is 11.5 Å². The molecule has 0 heterocycles. The summed E-state index contributed by atoms with van der Waals surface area (Å²) in [4.78, 5) is 27.0. The molecule has 1 atom stereocenters. The van der Waals surface area contributed by atoms with Crippen molar-refractivity contribution < 1.29 is 19.1 Å². The topological polar surface area (TPSA) is 67.9 Å². The molecule has 2 amide bonds. The van der Waals surface area contributed by atoms with Gasteiger partial charge in [0.25, 0.3) is 5.91 Å². The Morgan fingerprint density at radius 1 is 1.00 bits per heavy atom. The maximum absolute atomic E-state index is 13.0. The molecule has 0 unspecified atom stereocenters. The number of carbonyl (C=O) groups excluding carboxylic acids is 2. The summed E-state index contributed by atoms with van der Waals surface area (Å²) in [6.07, 6.45) is 0.505. The molecule has 0 saturated carbocycles. The maximum atomic E-state index is 13.0. The third-order valence-corrected chi connectivity index (χ3v) is 5.05. The van der Waals surface area contributed by atoms with Crippen molar-refractivity contribution >= 4 is 11.8 Å². The van der Waals surface area contributed by atoms with Crippen molar-refractivity contribution in [1.29, 1.82) is 0 Å². The fraction of sp³-hybridized carbons (Fsp3) is 0.417. The number of rotatable bonds is 10. The van der Waals surface area contributed by atoms with Crippen LogP contribution in [0.25, 0.3) is 0 Å². The van der Waals surface area contributed by atoms with E-state index in [0.717, 1.165) is 11.3 Å². The predicted octanol–water partition coefficient (Wildman–Crippen LogP) is 3.75. The van der Waals surface area contributed by atoms with E-state index < -0.39 is 6.04 Å². The van der Waals surface area contributed by atoms with E-state index in [0.29, 0.717) is 24.6 Å². The van der Waals surface area contributed by atoms with Gasteiger partial charge in [0.2, 0.25) is 5.91 Å². The van der Waals surface area contributed by atoms with Crippen LogP contribution in [0.3, 0.4) is 0 Å². The quantitative estimate of drug-likeness (QED) is 0.645. The molecule has 2 aromatic carbocycles. The summed E-state index contributed by atoms with van der Waals surface area (Å²) in [7, 11) is 3.18. The number of benzene rings is 2. The van der Waals surface area contributed by atoms with Crippen LogP contribution < -0.4 is 14.8 Å². The van der Waals surface area contributed by atoms with E-state index in [-0.39, 0.29) is 18.4 Å². The third-order valence-electron chi connectivity index (χ3n) is 5.05. The van der Waals surface area contributed by atoms with Crippen LogP contribution in [0.15, 0.2) is 48.5 Å². The maximum Gasteiger partial charge on any atom is 0.261 e. The molecule has 0 radical (unpaired) electrons. The normalized spacial score (nSPS) is 11.7. The van der Waals surface area contributed by atoms with Crippen LogP contribution in [0.1, 0.15) is 44.2 Å². The molecular weight excluding hydrogens is 380 g/mol. The molecule has 2 aromatic rings. The average Bonchev–Trinajstić information content (AvgIpc) is 2.77. The molecule has 6 heteroatoms. The highest BCUT2D eigenvalue weighted by Crippen LogP contribution is 2.20. The van der Waals surface area contributed by atoms with Crippen LogP contribution in [0, 0.1) is 0 Å². The second-order valence-electron chi connectivity index (χ2n) is 7.42. The summed E-state index contributed by atoms with van der Waals surface area (Å²) in [5.41, 5.74) is 2.12. The van der Waals surface area contributed by atoms with Crippen molar-refractivity contribution in [3.63, 3.8) is 0 Å². The minimum Gasteiger partial charge on any atom is -0.497 e. The molecule has 0 bridgehead atoms. The minimum atomic E-state index is -0.573. The summed E-state index contributed by atoms with van der Waals surface area (Å²) in [5.74, 6) is 1.36. The number of hydrogen-bond acceptors (Lipinski definition) is 4. The zero-order valence-electron chi connectivity index (χ0n) is 18.5. The minimum absolute atomic E-state index is 0.134. The first-order valence-electron chi connectivity index (χ1n) is 10.3. The zero-order chi connectivity index (χ0) is 22.1. The summed E-state index contributed by atoms with van der Waals surface area (Å²) < 4.78 is 10.9.